The van der Waals surface area contributed by atoms with Crippen LogP contribution in [0.15, 0.2) is 66.0 Å². The van der Waals surface area contributed by atoms with Gasteiger partial charge in [-0.2, -0.15) is 0 Å². The summed E-state index contributed by atoms with van der Waals surface area (Å²) < 4.78 is 13.8. The predicted molar refractivity (Wildman–Crippen MR) is 134 cm³/mol. The third kappa shape index (κ3) is 5.92. The van der Waals surface area contributed by atoms with Crippen molar-refractivity contribution in [1.82, 2.24) is 14.9 Å². The first-order chi connectivity index (χ1) is 16.2. The van der Waals surface area contributed by atoms with Crippen molar-refractivity contribution < 1.29 is 31.8 Å². The van der Waals surface area contributed by atoms with E-state index in [-0.39, 0.29) is 25.1 Å². The molecule has 188 valence electrons. The van der Waals surface area contributed by atoms with Crippen LogP contribution in [0.3, 0.4) is 0 Å². The molecule has 0 bridgehead atoms. The average molecular weight is 504 g/mol. The third-order valence-electron chi connectivity index (χ3n) is 5.59. The Hall–Kier alpha value is -3.58. The summed E-state index contributed by atoms with van der Waals surface area (Å²) >= 11 is 1.49. The quantitative estimate of drug-likeness (QED) is 0.472. The zero-order valence-corrected chi connectivity index (χ0v) is 19.6. The van der Waals surface area contributed by atoms with E-state index in [0.29, 0.717) is 43.2 Å². The van der Waals surface area contributed by atoms with Crippen molar-refractivity contribution in [2.24, 2.45) is 0 Å². The van der Waals surface area contributed by atoms with E-state index in [0.717, 1.165) is 16.4 Å². The number of nitrogens with one attached hydrogen (secondary N) is 1. The van der Waals surface area contributed by atoms with Crippen LogP contribution in [-0.4, -0.2) is 69.8 Å². The molecular weight excluding hydrogens is 474 g/mol. The molecule has 12 heteroatoms. The molecule has 6 N–H and O–H groups in total. The van der Waals surface area contributed by atoms with E-state index in [4.69, 9.17) is 9.47 Å². The van der Waals surface area contributed by atoms with Crippen LogP contribution in [0.5, 0.6) is 11.5 Å². The van der Waals surface area contributed by atoms with Gasteiger partial charge in [0.2, 0.25) is 6.79 Å². The van der Waals surface area contributed by atoms with E-state index in [1.54, 1.807) is 29.3 Å². The number of carbonyl (C=O) groups is 1. The van der Waals surface area contributed by atoms with Crippen molar-refractivity contribution in [3.05, 3.63) is 66.6 Å². The number of aliphatic hydroxyl groups is 1. The lowest BCUT2D eigenvalue weighted by Crippen LogP contribution is -2.50. The zero-order valence-electron chi connectivity index (χ0n) is 18.8. The fraction of sp³-hybridized carbons (Fsp3) is 0.261. The Bertz CT molecular complexity index is 1120. The van der Waals surface area contributed by atoms with Gasteiger partial charge < -0.3 is 40.1 Å². The Kier molecular flexibility index (Phi) is 8.71. The smallest absolute Gasteiger partial charge is 0.256 e. The van der Waals surface area contributed by atoms with Gasteiger partial charge in [-0.05, 0) is 60.0 Å². The Morgan fingerprint density at radius 2 is 1.77 bits per heavy atom. The minimum Gasteiger partial charge on any atom is -0.454 e. The van der Waals surface area contributed by atoms with E-state index < -0.39 is 6.10 Å². The number of hydrogen-bond acceptors (Lipinski definition) is 9. The molecule has 0 radical (unpaired) electrons. The summed E-state index contributed by atoms with van der Waals surface area (Å²) in [5.41, 5.74) is 1.61. The number of amides is 1. The van der Waals surface area contributed by atoms with Gasteiger partial charge in [-0.1, -0.05) is 6.07 Å². The van der Waals surface area contributed by atoms with Crippen molar-refractivity contribution in [3.63, 3.8) is 0 Å². The van der Waals surface area contributed by atoms with Crippen LogP contribution in [0.4, 0.5) is 11.5 Å². The summed E-state index contributed by atoms with van der Waals surface area (Å²) in [6, 6.07) is 15.1. The van der Waals surface area contributed by atoms with Gasteiger partial charge in [0.1, 0.15) is 12.1 Å². The van der Waals surface area contributed by atoms with Crippen LogP contribution in [0.1, 0.15) is 13.1 Å². The third-order valence-corrected chi connectivity index (χ3v) is 6.41. The lowest BCUT2D eigenvalue weighted by Gasteiger charge is -2.37. The number of anilines is 2. The fourth-order valence-corrected chi connectivity index (χ4v) is 4.39. The van der Waals surface area contributed by atoms with Crippen molar-refractivity contribution in [2.75, 3.05) is 42.6 Å². The van der Waals surface area contributed by atoms with Crippen LogP contribution in [0.25, 0.3) is 0 Å². The van der Waals surface area contributed by atoms with Crippen molar-refractivity contribution in [1.29, 1.82) is 0 Å². The standard InChI is InChI=1S/C23H23N5O4S.2H2O.H2/c29-22(16-1-6-19-20(13-16)32-15-31-19)23(30)28-11-9-27(10-12-28)17-2-4-18(5-3-17)33-26-21-7-8-24-14-25-21;;;/h1-8,13-14,22,29H,9-12,15H2,(H,24,25,26);2*1H2;1H. The number of rotatable bonds is 6. The molecule has 11 nitrogen and oxygen atoms in total. The van der Waals surface area contributed by atoms with Crippen LogP contribution in [0.2, 0.25) is 0 Å². The molecule has 0 spiro atoms. The number of nitrogens with zero attached hydrogens (tertiary/aromatic N) is 4. The number of piperazine rings is 1. The van der Waals surface area contributed by atoms with Gasteiger partial charge in [0, 0.05) is 44.4 Å². The minimum atomic E-state index is -1.22. The topological polar surface area (TPSA) is 163 Å². The zero-order chi connectivity index (χ0) is 22.6. The van der Waals surface area contributed by atoms with Crippen LogP contribution in [-0.2, 0) is 4.79 Å². The second-order valence-corrected chi connectivity index (χ2v) is 8.50. The molecule has 2 aliphatic rings. The number of aromatic nitrogens is 2. The maximum absolute atomic E-state index is 12.8. The summed E-state index contributed by atoms with van der Waals surface area (Å²) in [5.74, 6) is 1.64. The number of benzene rings is 2. The molecule has 2 aromatic carbocycles. The van der Waals surface area contributed by atoms with Crippen molar-refractivity contribution in [3.8, 4) is 11.5 Å². The van der Waals surface area contributed by atoms with Crippen LogP contribution in [0, 0.1) is 0 Å². The molecule has 0 aliphatic carbocycles. The summed E-state index contributed by atoms with van der Waals surface area (Å²) in [5, 5.41) is 10.6. The number of aliphatic hydroxyl groups excluding tert-OH is 1. The second kappa shape index (κ2) is 11.7. The SMILES string of the molecule is O.O.O=C(C(O)c1ccc2c(c1)OCO2)N1CCN(c2ccc(SNc3ccncn3)cc2)CC1.[HH]. The van der Waals surface area contributed by atoms with E-state index >= 15 is 0 Å². The van der Waals surface area contributed by atoms with Gasteiger partial charge in [0.15, 0.2) is 17.6 Å². The van der Waals surface area contributed by atoms with Crippen molar-refractivity contribution in [2.45, 2.75) is 11.0 Å². The van der Waals surface area contributed by atoms with Crippen LogP contribution >= 0.6 is 11.9 Å². The Labute approximate surface area is 207 Å². The Balaban J connectivity index is 0.00000152. The molecular formula is C23H29N5O6S. The average Bonchev–Trinajstić information content (AvgIpc) is 3.36. The molecule has 1 unspecified atom stereocenters. The highest BCUT2D eigenvalue weighted by atomic mass is 32.2. The van der Waals surface area contributed by atoms with E-state index in [9.17, 15) is 9.90 Å². The first-order valence-electron chi connectivity index (χ1n) is 10.6. The lowest BCUT2D eigenvalue weighted by atomic mass is 10.1. The van der Waals surface area contributed by atoms with Crippen LogP contribution < -0.4 is 19.1 Å². The predicted octanol–water partition coefficient (Wildman–Crippen LogP) is 1.30. The summed E-state index contributed by atoms with van der Waals surface area (Å²) in [4.78, 5) is 25.9. The summed E-state index contributed by atoms with van der Waals surface area (Å²) in [6.07, 6.45) is 1.98. The van der Waals surface area contributed by atoms with E-state index in [1.165, 1.54) is 18.3 Å². The molecule has 1 atom stereocenters. The minimum absolute atomic E-state index is 0. The maximum Gasteiger partial charge on any atom is 0.256 e. The molecule has 3 aromatic rings. The van der Waals surface area contributed by atoms with Gasteiger partial charge in [-0.25, -0.2) is 9.97 Å². The molecule has 1 fully saturated rings. The molecule has 5 rings (SSSR count). The monoisotopic (exact) mass is 503 g/mol. The fourth-order valence-electron chi connectivity index (χ4n) is 3.77. The van der Waals surface area contributed by atoms with Gasteiger partial charge >= 0.3 is 0 Å². The molecule has 0 saturated carbocycles. The number of fused-ring (bicyclic) bond motifs is 1. The van der Waals surface area contributed by atoms with Gasteiger partial charge in [-0.3, -0.25) is 4.79 Å². The molecule has 1 amide bonds. The normalized spacial score (nSPS) is 15.0. The van der Waals surface area contributed by atoms with E-state index in [2.05, 4.69) is 43.9 Å². The Morgan fingerprint density at radius 3 is 2.49 bits per heavy atom. The lowest BCUT2D eigenvalue weighted by molar-refractivity contribution is -0.140. The molecule has 1 aromatic heterocycles. The van der Waals surface area contributed by atoms with Gasteiger partial charge in [0.05, 0.1) is 0 Å². The molecule has 3 heterocycles. The largest absolute Gasteiger partial charge is 0.454 e. The second-order valence-electron chi connectivity index (χ2n) is 7.62. The molecule has 1 saturated heterocycles. The molecule has 35 heavy (non-hydrogen) atoms. The van der Waals surface area contributed by atoms with Gasteiger partial charge in [0.25, 0.3) is 5.91 Å². The highest BCUT2D eigenvalue weighted by Gasteiger charge is 2.28. The van der Waals surface area contributed by atoms with E-state index in [1.807, 2.05) is 6.07 Å². The summed E-state index contributed by atoms with van der Waals surface area (Å²) in [7, 11) is 0. The Morgan fingerprint density at radius 1 is 1.03 bits per heavy atom. The summed E-state index contributed by atoms with van der Waals surface area (Å²) in [6.45, 7) is 2.65. The van der Waals surface area contributed by atoms with Gasteiger partial charge in [-0.15, -0.1) is 0 Å². The highest BCUT2D eigenvalue weighted by molar-refractivity contribution is 8.00. The highest BCUT2D eigenvalue weighted by Crippen LogP contribution is 2.34. The number of hydrogen-bond donors (Lipinski definition) is 2. The van der Waals surface area contributed by atoms with Crippen molar-refractivity contribution >= 4 is 29.4 Å². The first-order valence-corrected chi connectivity index (χ1v) is 11.4. The number of carbonyl (C=O) groups excluding carboxylic acids is 1. The molecule has 2 aliphatic heterocycles. The first kappa shape index (κ1) is 26.0. The number of ether oxygens (including phenoxy) is 2. The maximum atomic E-state index is 12.8.